The Bertz CT molecular complexity index is 899. The van der Waals surface area contributed by atoms with Gasteiger partial charge in [-0.25, -0.2) is 14.8 Å². The van der Waals surface area contributed by atoms with Crippen molar-refractivity contribution < 1.29 is 9.53 Å². The van der Waals surface area contributed by atoms with Gasteiger partial charge in [-0.15, -0.1) is 0 Å². The summed E-state index contributed by atoms with van der Waals surface area (Å²) >= 11 is 6.10. The first-order chi connectivity index (χ1) is 14.6. The number of amides is 2. The fourth-order valence-corrected chi connectivity index (χ4v) is 4.18. The van der Waals surface area contributed by atoms with Gasteiger partial charge in [-0.05, 0) is 44.4 Å². The molecule has 1 fully saturated rings. The van der Waals surface area contributed by atoms with Crippen molar-refractivity contribution in [2.45, 2.75) is 39.2 Å². The highest BCUT2D eigenvalue weighted by atomic mass is 35.5. The fourth-order valence-electron chi connectivity index (χ4n) is 4.02. The van der Waals surface area contributed by atoms with Gasteiger partial charge in [0.15, 0.2) is 0 Å². The lowest BCUT2D eigenvalue weighted by Crippen LogP contribution is -2.52. The molecule has 2 aliphatic rings. The van der Waals surface area contributed by atoms with E-state index >= 15 is 0 Å². The Morgan fingerprint density at radius 3 is 2.70 bits per heavy atom. The molecule has 0 bridgehead atoms. The van der Waals surface area contributed by atoms with E-state index in [0.717, 1.165) is 49.7 Å². The smallest absolute Gasteiger partial charge is 0.324 e. The van der Waals surface area contributed by atoms with Gasteiger partial charge >= 0.3 is 6.03 Å². The zero-order valence-corrected chi connectivity index (χ0v) is 18.3. The maximum atomic E-state index is 13.4. The second-order valence-electron chi connectivity index (χ2n) is 7.81. The topological polar surface area (TPSA) is 61.8 Å². The van der Waals surface area contributed by atoms with Crippen LogP contribution in [0.25, 0.3) is 0 Å². The SMILES string of the molecule is CCc1ccnc(N2CCCN(C(=O)N3c4ccc(Cl)cc4OCC3C)CCC2)n1. The number of aryl methyl sites for hydroxylation is 1. The minimum atomic E-state index is -0.0294. The van der Waals surface area contributed by atoms with Crippen molar-refractivity contribution in [3.05, 3.63) is 41.2 Å². The van der Waals surface area contributed by atoms with Crippen molar-refractivity contribution in [2.75, 3.05) is 42.6 Å². The summed E-state index contributed by atoms with van der Waals surface area (Å²) < 4.78 is 5.79. The molecule has 1 saturated heterocycles. The molecule has 4 rings (SSSR count). The van der Waals surface area contributed by atoms with E-state index < -0.39 is 0 Å². The van der Waals surface area contributed by atoms with Crippen molar-refractivity contribution >= 4 is 29.3 Å². The number of rotatable bonds is 2. The van der Waals surface area contributed by atoms with E-state index in [1.807, 2.05) is 35.1 Å². The Morgan fingerprint density at radius 1 is 1.20 bits per heavy atom. The summed E-state index contributed by atoms with van der Waals surface area (Å²) in [6.45, 7) is 7.65. The third kappa shape index (κ3) is 4.31. The van der Waals surface area contributed by atoms with Gasteiger partial charge in [-0.3, -0.25) is 4.90 Å². The van der Waals surface area contributed by atoms with Crippen LogP contribution in [0.1, 0.15) is 32.4 Å². The van der Waals surface area contributed by atoms with Crippen LogP contribution in [0, 0.1) is 0 Å². The zero-order valence-electron chi connectivity index (χ0n) is 17.6. The highest BCUT2D eigenvalue weighted by Gasteiger charge is 2.33. The number of aromatic nitrogens is 2. The van der Waals surface area contributed by atoms with Gasteiger partial charge < -0.3 is 14.5 Å². The molecular weight excluding hydrogens is 402 g/mol. The molecule has 0 saturated carbocycles. The van der Waals surface area contributed by atoms with Crippen LogP contribution in [0.3, 0.4) is 0 Å². The van der Waals surface area contributed by atoms with E-state index in [9.17, 15) is 4.79 Å². The Hall–Kier alpha value is -2.54. The Kier molecular flexibility index (Phi) is 6.27. The van der Waals surface area contributed by atoms with Gasteiger partial charge in [0.25, 0.3) is 0 Å². The van der Waals surface area contributed by atoms with Crippen LogP contribution < -0.4 is 14.5 Å². The number of halogens is 1. The van der Waals surface area contributed by atoms with Crippen molar-refractivity contribution in [3.8, 4) is 5.75 Å². The van der Waals surface area contributed by atoms with Gasteiger partial charge in [0.1, 0.15) is 12.4 Å². The lowest BCUT2D eigenvalue weighted by atomic mass is 10.1. The van der Waals surface area contributed by atoms with Crippen LogP contribution in [0.15, 0.2) is 30.5 Å². The third-order valence-corrected chi connectivity index (χ3v) is 5.87. The number of carbonyl (C=O) groups excluding carboxylic acids is 1. The largest absolute Gasteiger partial charge is 0.489 e. The average molecular weight is 430 g/mol. The van der Waals surface area contributed by atoms with Gasteiger partial charge in [-0.1, -0.05) is 18.5 Å². The third-order valence-electron chi connectivity index (χ3n) is 5.64. The Morgan fingerprint density at radius 2 is 1.97 bits per heavy atom. The van der Waals surface area contributed by atoms with Crippen molar-refractivity contribution in [1.29, 1.82) is 0 Å². The lowest BCUT2D eigenvalue weighted by molar-refractivity contribution is 0.190. The average Bonchev–Trinajstić information content (AvgIpc) is 2.73. The maximum absolute atomic E-state index is 13.4. The molecular formula is C22H28ClN5O2. The quantitative estimate of drug-likeness (QED) is 0.722. The molecule has 1 unspecified atom stereocenters. The molecule has 2 aromatic rings. The summed E-state index contributed by atoms with van der Waals surface area (Å²) in [6, 6.07) is 7.42. The van der Waals surface area contributed by atoms with Crippen molar-refractivity contribution in [2.24, 2.45) is 0 Å². The number of ether oxygens (including phenoxy) is 1. The highest BCUT2D eigenvalue weighted by Crippen LogP contribution is 2.36. The van der Waals surface area contributed by atoms with E-state index in [1.165, 1.54) is 0 Å². The van der Waals surface area contributed by atoms with Gasteiger partial charge in [0, 0.05) is 49.2 Å². The van der Waals surface area contributed by atoms with Gasteiger partial charge in [0.05, 0.1) is 11.7 Å². The first-order valence-corrected chi connectivity index (χ1v) is 11.0. The summed E-state index contributed by atoms with van der Waals surface area (Å²) in [5.41, 5.74) is 1.84. The maximum Gasteiger partial charge on any atom is 0.324 e. The van der Waals surface area contributed by atoms with Crippen molar-refractivity contribution in [3.63, 3.8) is 0 Å². The number of nitrogens with zero attached hydrogens (tertiary/aromatic N) is 5. The molecule has 7 nitrogen and oxygen atoms in total. The molecule has 0 spiro atoms. The van der Waals surface area contributed by atoms with Crippen LogP contribution in [0.2, 0.25) is 5.02 Å². The summed E-state index contributed by atoms with van der Waals surface area (Å²) in [6.07, 6.45) is 4.48. The predicted molar refractivity (Wildman–Crippen MR) is 119 cm³/mol. The molecule has 1 aromatic carbocycles. The molecule has 3 heterocycles. The second kappa shape index (κ2) is 9.08. The molecule has 1 atom stereocenters. The summed E-state index contributed by atoms with van der Waals surface area (Å²) in [5.74, 6) is 1.46. The molecule has 0 N–H and O–H groups in total. The molecule has 0 aliphatic carbocycles. The first-order valence-electron chi connectivity index (χ1n) is 10.6. The van der Waals surface area contributed by atoms with E-state index in [-0.39, 0.29) is 12.1 Å². The number of fused-ring (bicyclic) bond motifs is 1. The first kappa shape index (κ1) is 20.7. The molecule has 1 aromatic heterocycles. The van der Waals surface area contributed by atoms with Crippen molar-refractivity contribution in [1.82, 2.24) is 14.9 Å². The van der Waals surface area contributed by atoms with E-state index in [4.69, 9.17) is 16.3 Å². The number of anilines is 2. The summed E-state index contributed by atoms with van der Waals surface area (Å²) in [7, 11) is 0. The van der Waals surface area contributed by atoms with Crippen LogP contribution in [0.4, 0.5) is 16.4 Å². The van der Waals surface area contributed by atoms with Crippen LogP contribution in [-0.4, -0.2) is 59.7 Å². The minimum Gasteiger partial charge on any atom is -0.489 e. The zero-order chi connectivity index (χ0) is 21.1. The number of hydrogen-bond donors (Lipinski definition) is 0. The van der Waals surface area contributed by atoms with E-state index in [1.54, 1.807) is 12.1 Å². The van der Waals surface area contributed by atoms with Gasteiger partial charge in [0.2, 0.25) is 5.95 Å². The number of urea groups is 1. The fraction of sp³-hybridized carbons (Fsp3) is 0.500. The molecule has 2 amide bonds. The Labute approximate surface area is 182 Å². The summed E-state index contributed by atoms with van der Waals surface area (Å²) in [4.78, 5) is 28.6. The molecule has 8 heteroatoms. The molecule has 2 aliphatic heterocycles. The van der Waals surface area contributed by atoms with Gasteiger partial charge in [-0.2, -0.15) is 0 Å². The normalized spacial score (nSPS) is 19.6. The minimum absolute atomic E-state index is 0.0294. The van der Waals surface area contributed by atoms with E-state index in [2.05, 4.69) is 21.8 Å². The Balaban J connectivity index is 1.45. The van der Waals surface area contributed by atoms with Crippen LogP contribution in [-0.2, 0) is 6.42 Å². The van der Waals surface area contributed by atoms with E-state index in [0.29, 0.717) is 30.5 Å². The molecule has 160 valence electrons. The van der Waals surface area contributed by atoms with Crippen LogP contribution in [0.5, 0.6) is 5.75 Å². The standard InChI is InChI=1S/C22H28ClN5O2/c1-3-18-8-9-24-21(25-18)26-10-4-12-27(13-5-11-26)22(29)28-16(2)15-30-20-14-17(23)6-7-19(20)28/h6-9,14,16H,3-5,10-13,15H2,1-2H3. The highest BCUT2D eigenvalue weighted by molar-refractivity contribution is 6.30. The number of carbonyl (C=O) groups is 1. The molecule has 30 heavy (non-hydrogen) atoms. The molecule has 0 radical (unpaired) electrons. The van der Waals surface area contributed by atoms with Crippen LogP contribution >= 0.6 is 11.6 Å². The number of benzene rings is 1. The monoisotopic (exact) mass is 429 g/mol. The summed E-state index contributed by atoms with van der Waals surface area (Å²) in [5, 5.41) is 0.608. The lowest BCUT2D eigenvalue weighted by Gasteiger charge is -2.39. The second-order valence-corrected chi connectivity index (χ2v) is 8.24. The predicted octanol–water partition coefficient (Wildman–Crippen LogP) is 4.00. The number of hydrogen-bond acceptors (Lipinski definition) is 5.